The Balaban J connectivity index is 1.74. The van der Waals surface area contributed by atoms with Crippen LogP contribution in [0.4, 0.5) is 4.39 Å². The molecule has 0 aliphatic heterocycles. The second kappa shape index (κ2) is 8.12. The summed E-state index contributed by atoms with van der Waals surface area (Å²) in [4.78, 5) is 12.5. The zero-order valence-electron chi connectivity index (χ0n) is 16.2. The first-order valence-electron chi connectivity index (χ1n) is 8.72. The van der Waals surface area contributed by atoms with Gasteiger partial charge in [0.15, 0.2) is 17.2 Å². The Bertz CT molecular complexity index is 1010. The molecule has 0 unspecified atom stereocenters. The summed E-state index contributed by atoms with van der Waals surface area (Å²) in [6, 6.07) is 12.0. The highest BCUT2D eigenvalue weighted by Crippen LogP contribution is 2.27. The number of halogens is 1. The van der Waals surface area contributed by atoms with Gasteiger partial charge in [-0.25, -0.2) is 4.39 Å². The van der Waals surface area contributed by atoms with Crippen molar-refractivity contribution in [2.75, 3.05) is 14.2 Å². The maximum Gasteiger partial charge on any atom is 0.272 e. The van der Waals surface area contributed by atoms with Crippen LogP contribution >= 0.6 is 0 Å². The van der Waals surface area contributed by atoms with Gasteiger partial charge in [0.25, 0.3) is 5.91 Å². The molecule has 0 aliphatic rings. The van der Waals surface area contributed by atoms with Crippen molar-refractivity contribution in [1.82, 2.24) is 15.1 Å². The first kappa shape index (κ1) is 19.4. The highest BCUT2D eigenvalue weighted by Gasteiger charge is 2.15. The van der Waals surface area contributed by atoms with Crippen LogP contribution in [0.5, 0.6) is 11.5 Å². The molecule has 0 saturated carbocycles. The number of rotatable bonds is 6. The van der Waals surface area contributed by atoms with Crippen LogP contribution in [0.3, 0.4) is 0 Å². The highest BCUT2D eigenvalue weighted by molar-refractivity contribution is 5.93. The van der Waals surface area contributed by atoms with Crippen molar-refractivity contribution in [2.24, 2.45) is 7.05 Å². The van der Waals surface area contributed by atoms with Crippen molar-refractivity contribution >= 4 is 5.91 Å². The molecule has 1 aromatic heterocycles. The van der Waals surface area contributed by atoms with Gasteiger partial charge in [0.2, 0.25) is 0 Å². The van der Waals surface area contributed by atoms with Crippen LogP contribution in [-0.4, -0.2) is 29.9 Å². The summed E-state index contributed by atoms with van der Waals surface area (Å²) in [5.74, 6) is 0.664. The number of aryl methyl sites for hydroxylation is 2. The molecule has 0 bridgehead atoms. The minimum atomic E-state index is -0.296. The van der Waals surface area contributed by atoms with E-state index >= 15 is 0 Å². The van der Waals surface area contributed by atoms with Crippen LogP contribution in [0.25, 0.3) is 11.3 Å². The molecule has 146 valence electrons. The normalized spacial score (nSPS) is 10.6. The van der Waals surface area contributed by atoms with Crippen molar-refractivity contribution in [2.45, 2.75) is 13.5 Å². The van der Waals surface area contributed by atoms with Crippen molar-refractivity contribution in [3.05, 3.63) is 65.1 Å². The smallest absolute Gasteiger partial charge is 0.272 e. The van der Waals surface area contributed by atoms with Gasteiger partial charge in [-0.3, -0.25) is 9.48 Å². The van der Waals surface area contributed by atoms with Crippen LogP contribution in [0, 0.1) is 12.7 Å². The molecule has 0 spiro atoms. The van der Waals surface area contributed by atoms with Crippen LogP contribution in [0.2, 0.25) is 0 Å². The van der Waals surface area contributed by atoms with E-state index < -0.39 is 0 Å². The molecule has 0 saturated heterocycles. The lowest BCUT2D eigenvalue weighted by molar-refractivity contribution is 0.0945. The summed E-state index contributed by atoms with van der Waals surface area (Å²) < 4.78 is 25.6. The number of aromatic nitrogens is 2. The van der Waals surface area contributed by atoms with Crippen molar-refractivity contribution < 1.29 is 18.7 Å². The predicted molar refractivity (Wildman–Crippen MR) is 104 cm³/mol. The van der Waals surface area contributed by atoms with E-state index in [1.165, 1.54) is 6.07 Å². The van der Waals surface area contributed by atoms with Gasteiger partial charge in [-0.1, -0.05) is 6.07 Å². The maximum absolute atomic E-state index is 13.5. The molecule has 3 aromatic rings. The number of hydrogen-bond acceptors (Lipinski definition) is 4. The minimum absolute atomic E-state index is 0.265. The third-order valence-electron chi connectivity index (χ3n) is 4.47. The lowest BCUT2D eigenvalue weighted by Gasteiger charge is -2.10. The lowest BCUT2D eigenvalue weighted by Crippen LogP contribution is -2.23. The van der Waals surface area contributed by atoms with E-state index in [-0.39, 0.29) is 11.7 Å². The molecule has 0 fully saturated rings. The van der Waals surface area contributed by atoms with Crippen LogP contribution in [0.1, 0.15) is 21.6 Å². The number of nitrogens with zero attached hydrogens (tertiary/aromatic N) is 2. The monoisotopic (exact) mass is 383 g/mol. The average Bonchev–Trinajstić information content (AvgIpc) is 3.09. The van der Waals surface area contributed by atoms with E-state index in [1.54, 1.807) is 57.1 Å². The molecule has 7 heteroatoms. The van der Waals surface area contributed by atoms with Crippen LogP contribution in [0.15, 0.2) is 42.5 Å². The Morgan fingerprint density at radius 1 is 1.11 bits per heavy atom. The number of carbonyl (C=O) groups is 1. The standard InChI is InChI=1S/C21H22FN3O3/c1-13-9-15(6-7-16(13)22)18-11-17(24-25(18)2)21(26)23-12-14-5-8-19(27-3)20(10-14)28-4/h5-11H,12H2,1-4H3,(H,23,26). The third kappa shape index (κ3) is 3.98. The Labute approximate surface area is 162 Å². The Hall–Kier alpha value is -3.35. The summed E-state index contributed by atoms with van der Waals surface area (Å²) in [6.07, 6.45) is 0. The van der Waals surface area contributed by atoms with Gasteiger partial charge < -0.3 is 14.8 Å². The topological polar surface area (TPSA) is 65.4 Å². The number of ether oxygens (including phenoxy) is 2. The van der Waals surface area contributed by atoms with Gasteiger partial charge in [-0.15, -0.1) is 0 Å². The Morgan fingerprint density at radius 2 is 1.86 bits per heavy atom. The quantitative estimate of drug-likeness (QED) is 0.708. The molecule has 28 heavy (non-hydrogen) atoms. The SMILES string of the molecule is COc1ccc(CNC(=O)c2cc(-c3ccc(F)c(C)c3)n(C)n2)cc1OC. The van der Waals surface area contributed by atoms with Gasteiger partial charge in [-0.2, -0.15) is 5.10 Å². The minimum Gasteiger partial charge on any atom is -0.493 e. The van der Waals surface area contributed by atoms with Gasteiger partial charge in [0, 0.05) is 19.2 Å². The second-order valence-electron chi connectivity index (χ2n) is 6.37. The summed E-state index contributed by atoms with van der Waals surface area (Å²) in [6.45, 7) is 2.02. The fourth-order valence-corrected chi connectivity index (χ4v) is 2.92. The molecule has 6 nitrogen and oxygen atoms in total. The first-order chi connectivity index (χ1) is 13.4. The van der Waals surface area contributed by atoms with Crippen LogP contribution in [-0.2, 0) is 13.6 Å². The number of nitrogens with one attached hydrogen (secondary N) is 1. The second-order valence-corrected chi connectivity index (χ2v) is 6.37. The summed E-state index contributed by atoms with van der Waals surface area (Å²) in [5, 5.41) is 7.12. The largest absolute Gasteiger partial charge is 0.493 e. The van der Waals surface area contributed by atoms with E-state index in [9.17, 15) is 9.18 Å². The molecular weight excluding hydrogens is 361 g/mol. The molecule has 1 N–H and O–H groups in total. The molecule has 3 rings (SSSR count). The maximum atomic E-state index is 13.5. The number of methoxy groups -OCH3 is 2. The molecule has 0 atom stereocenters. The average molecular weight is 383 g/mol. The number of hydrogen-bond donors (Lipinski definition) is 1. The first-order valence-corrected chi connectivity index (χ1v) is 8.72. The highest BCUT2D eigenvalue weighted by atomic mass is 19.1. The molecule has 0 aliphatic carbocycles. The summed E-state index contributed by atoms with van der Waals surface area (Å²) >= 11 is 0. The third-order valence-corrected chi connectivity index (χ3v) is 4.47. The number of amides is 1. The fraction of sp³-hybridized carbons (Fsp3) is 0.238. The van der Waals surface area contributed by atoms with E-state index in [4.69, 9.17) is 9.47 Å². The van der Waals surface area contributed by atoms with Gasteiger partial charge in [0.05, 0.1) is 19.9 Å². The molecule has 1 heterocycles. The number of benzene rings is 2. The molecular formula is C21H22FN3O3. The van der Waals surface area contributed by atoms with E-state index in [0.717, 1.165) is 16.8 Å². The Kier molecular flexibility index (Phi) is 5.63. The predicted octanol–water partition coefficient (Wildman–Crippen LogP) is 3.48. The van der Waals surface area contributed by atoms with Gasteiger partial charge >= 0.3 is 0 Å². The zero-order chi connectivity index (χ0) is 20.3. The summed E-state index contributed by atoms with van der Waals surface area (Å²) in [5.41, 5.74) is 3.24. The summed E-state index contributed by atoms with van der Waals surface area (Å²) in [7, 11) is 4.88. The Morgan fingerprint density at radius 3 is 2.54 bits per heavy atom. The van der Waals surface area contributed by atoms with Crippen molar-refractivity contribution in [1.29, 1.82) is 0 Å². The van der Waals surface area contributed by atoms with E-state index in [1.807, 2.05) is 12.1 Å². The van der Waals surface area contributed by atoms with E-state index in [2.05, 4.69) is 10.4 Å². The molecule has 2 aromatic carbocycles. The van der Waals surface area contributed by atoms with E-state index in [0.29, 0.717) is 29.3 Å². The lowest BCUT2D eigenvalue weighted by atomic mass is 10.1. The fourth-order valence-electron chi connectivity index (χ4n) is 2.92. The van der Waals surface area contributed by atoms with Crippen molar-refractivity contribution in [3.63, 3.8) is 0 Å². The van der Waals surface area contributed by atoms with Gasteiger partial charge in [-0.05, 0) is 54.4 Å². The van der Waals surface area contributed by atoms with Gasteiger partial charge in [0.1, 0.15) is 5.82 Å². The number of carbonyl (C=O) groups excluding carboxylic acids is 1. The molecule has 1 amide bonds. The zero-order valence-corrected chi connectivity index (χ0v) is 16.2. The molecule has 0 radical (unpaired) electrons. The van der Waals surface area contributed by atoms with Crippen LogP contribution < -0.4 is 14.8 Å². The van der Waals surface area contributed by atoms with Crippen molar-refractivity contribution in [3.8, 4) is 22.8 Å².